The van der Waals surface area contributed by atoms with Crippen molar-refractivity contribution in [3.63, 3.8) is 0 Å². The van der Waals surface area contributed by atoms with Gasteiger partial charge in [-0.25, -0.2) is 8.78 Å². The first-order chi connectivity index (χ1) is 8.82. The number of likely N-dealkylation sites (N-methyl/N-ethyl adjacent to an activating group) is 1. The summed E-state index contributed by atoms with van der Waals surface area (Å²) >= 11 is 0. The SMILES string of the molecule is CCNC(=O)C1CNCCN1C(=O)C(F)(F)C(F)F. The van der Waals surface area contributed by atoms with Crippen LogP contribution in [0.15, 0.2) is 0 Å². The minimum Gasteiger partial charge on any atom is -0.355 e. The molecule has 1 aliphatic heterocycles. The molecule has 1 atom stereocenters. The van der Waals surface area contributed by atoms with Gasteiger partial charge < -0.3 is 15.5 Å². The molecule has 1 saturated heterocycles. The summed E-state index contributed by atoms with van der Waals surface area (Å²) in [6.45, 7) is 1.78. The number of nitrogens with one attached hydrogen (secondary N) is 2. The van der Waals surface area contributed by atoms with Gasteiger partial charge in [0.05, 0.1) is 0 Å². The van der Waals surface area contributed by atoms with E-state index in [0.717, 1.165) is 0 Å². The molecule has 0 aromatic carbocycles. The summed E-state index contributed by atoms with van der Waals surface area (Å²) in [6, 6.07) is -1.20. The van der Waals surface area contributed by atoms with Gasteiger partial charge in [-0.05, 0) is 6.92 Å². The predicted molar refractivity (Wildman–Crippen MR) is 58.0 cm³/mol. The summed E-state index contributed by atoms with van der Waals surface area (Å²) in [5, 5.41) is 5.13. The van der Waals surface area contributed by atoms with Crippen molar-refractivity contribution in [1.29, 1.82) is 0 Å². The Bertz CT molecular complexity index is 352. The van der Waals surface area contributed by atoms with Crippen LogP contribution >= 0.6 is 0 Å². The Morgan fingerprint density at radius 2 is 2.11 bits per heavy atom. The molecule has 0 bridgehead atoms. The number of carbonyl (C=O) groups excluding carboxylic acids is 2. The van der Waals surface area contributed by atoms with E-state index < -0.39 is 30.2 Å². The fourth-order valence-corrected chi connectivity index (χ4v) is 1.76. The Hall–Kier alpha value is -1.38. The standard InChI is InChI=1S/C10H15F4N3O2/c1-2-16-7(18)6-5-15-3-4-17(6)9(19)10(13,14)8(11)12/h6,8,15H,2-5H2,1H3,(H,16,18). The third-order valence-electron chi connectivity index (χ3n) is 2.72. The van der Waals surface area contributed by atoms with E-state index in [4.69, 9.17) is 0 Å². The van der Waals surface area contributed by atoms with Crippen LogP contribution in [0, 0.1) is 0 Å². The molecule has 0 aromatic rings. The van der Waals surface area contributed by atoms with Crippen LogP contribution in [0.1, 0.15) is 6.92 Å². The van der Waals surface area contributed by atoms with Gasteiger partial charge in [0.25, 0.3) is 5.91 Å². The van der Waals surface area contributed by atoms with Gasteiger partial charge in [0, 0.05) is 26.2 Å². The Labute approximate surface area is 107 Å². The quantitative estimate of drug-likeness (QED) is 0.705. The van der Waals surface area contributed by atoms with Gasteiger partial charge in [-0.3, -0.25) is 9.59 Å². The van der Waals surface area contributed by atoms with Gasteiger partial charge >= 0.3 is 12.3 Å². The summed E-state index contributed by atoms with van der Waals surface area (Å²) in [5.41, 5.74) is 0. The maximum atomic E-state index is 13.1. The molecule has 2 amide bonds. The molecule has 5 nitrogen and oxygen atoms in total. The minimum atomic E-state index is -4.78. The highest BCUT2D eigenvalue weighted by molar-refractivity contribution is 5.91. The Morgan fingerprint density at radius 1 is 1.47 bits per heavy atom. The van der Waals surface area contributed by atoms with Crippen molar-refractivity contribution < 1.29 is 27.2 Å². The van der Waals surface area contributed by atoms with Crippen LogP contribution in [0.5, 0.6) is 0 Å². The molecular weight excluding hydrogens is 270 g/mol. The van der Waals surface area contributed by atoms with E-state index in [-0.39, 0.29) is 26.2 Å². The Balaban J connectivity index is 2.88. The lowest BCUT2D eigenvalue weighted by Gasteiger charge is -2.36. The second-order valence-corrected chi connectivity index (χ2v) is 4.04. The highest BCUT2D eigenvalue weighted by atomic mass is 19.3. The maximum absolute atomic E-state index is 13.1. The molecule has 1 fully saturated rings. The second kappa shape index (κ2) is 6.18. The first kappa shape index (κ1) is 15.7. The monoisotopic (exact) mass is 285 g/mol. The zero-order chi connectivity index (χ0) is 14.6. The lowest BCUT2D eigenvalue weighted by atomic mass is 10.1. The van der Waals surface area contributed by atoms with Gasteiger partial charge in [-0.2, -0.15) is 8.78 Å². The summed E-state index contributed by atoms with van der Waals surface area (Å²) in [5.74, 6) is -7.43. The predicted octanol–water partition coefficient (Wildman–Crippen LogP) is -0.177. The van der Waals surface area contributed by atoms with Gasteiger partial charge in [0.2, 0.25) is 5.91 Å². The van der Waals surface area contributed by atoms with Crippen molar-refractivity contribution in [2.24, 2.45) is 0 Å². The van der Waals surface area contributed by atoms with E-state index in [9.17, 15) is 27.2 Å². The fraction of sp³-hybridized carbons (Fsp3) is 0.800. The highest BCUT2D eigenvalue weighted by Gasteiger charge is 2.53. The second-order valence-electron chi connectivity index (χ2n) is 4.04. The number of halogens is 4. The topological polar surface area (TPSA) is 61.4 Å². The molecule has 19 heavy (non-hydrogen) atoms. The number of nitrogens with zero attached hydrogens (tertiary/aromatic N) is 1. The molecule has 0 aliphatic carbocycles. The summed E-state index contributed by atoms with van der Waals surface area (Å²) in [7, 11) is 0. The van der Waals surface area contributed by atoms with Crippen LogP contribution in [0.2, 0.25) is 0 Å². The zero-order valence-electron chi connectivity index (χ0n) is 10.3. The number of piperazine rings is 1. The lowest BCUT2D eigenvalue weighted by molar-refractivity contribution is -0.184. The molecule has 110 valence electrons. The van der Waals surface area contributed by atoms with Crippen LogP contribution in [0.4, 0.5) is 17.6 Å². The average molecular weight is 285 g/mol. The highest BCUT2D eigenvalue weighted by Crippen LogP contribution is 2.26. The van der Waals surface area contributed by atoms with Crippen molar-refractivity contribution in [3.05, 3.63) is 0 Å². The molecule has 2 N–H and O–H groups in total. The minimum absolute atomic E-state index is 0.0448. The average Bonchev–Trinajstić information content (AvgIpc) is 2.37. The maximum Gasteiger partial charge on any atom is 0.383 e. The van der Waals surface area contributed by atoms with Crippen molar-refractivity contribution in [3.8, 4) is 0 Å². The third-order valence-corrected chi connectivity index (χ3v) is 2.72. The summed E-state index contributed by atoms with van der Waals surface area (Å²) in [4.78, 5) is 23.6. The summed E-state index contributed by atoms with van der Waals surface area (Å²) in [6.07, 6.45) is -4.09. The number of amides is 2. The molecule has 1 heterocycles. The first-order valence-corrected chi connectivity index (χ1v) is 5.77. The molecular formula is C10H15F4N3O2. The van der Waals surface area contributed by atoms with E-state index in [1.807, 2.05) is 0 Å². The largest absolute Gasteiger partial charge is 0.383 e. The zero-order valence-corrected chi connectivity index (χ0v) is 10.3. The first-order valence-electron chi connectivity index (χ1n) is 5.77. The van der Waals surface area contributed by atoms with Crippen molar-refractivity contribution in [2.75, 3.05) is 26.2 Å². The Kier molecular flexibility index (Phi) is 5.10. The van der Waals surface area contributed by atoms with Gasteiger partial charge in [0.15, 0.2) is 0 Å². The van der Waals surface area contributed by atoms with Crippen molar-refractivity contribution >= 4 is 11.8 Å². The van der Waals surface area contributed by atoms with E-state index >= 15 is 0 Å². The third kappa shape index (κ3) is 3.34. The fourth-order valence-electron chi connectivity index (χ4n) is 1.76. The number of carbonyl (C=O) groups is 2. The van der Waals surface area contributed by atoms with E-state index in [2.05, 4.69) is 10.6 Å². The lowest BCUT2D eigenvalue weighted by Crippen LogP contribution is -2.63. The molecule has 1 rings (SSSR count). The van der Waals surface area contributed by atoms with Gasteiger partial charge in [0.1, 0.15) is 6.04 Å². The van der Waals surface area contributed by atoms with Crippen LogP contribution in [0.25, 0.3) is 0 Å². The molecule has 0 spiro atoms. The van der Waals surface area contributed by atoms with Crippen LogP contribution < -0.4 is 10.6 Å². The van der Waals surface area contributed by atoms with Crippen LogP contribution in [-0.2, 0) is 9.59 Å². The van der Waals surface area contributed by atoms with Gasteiger partial charge in [-0.15, -0.1) is 0 Å². The van der Waals surface area contributed by atoms with Crippen molar-refractivity contribution in [1.82, 2.24) is 15.5 Å². The van der Waals surface area contributed by atoms with Gasteiger partial charge in [-0.1, -0.05) is 0 Å². The molecule has 1 aliphatic rings. The number of hydrogen-bond donors (Lipinski definition) is 2. The molecule has 0 aromatic heterocycles. The smallest absolute Gasteiger partial charge is 0.355 e. The number of rotatable bonds is 4. The van der Waals surface area contributed by atoms with Crippen LogP contribution in [0.3, 0.4) is 0 Å². The van der Waals surface area contributed by atoms with Crippen LogP contribution in [-0.4, -0.2) is 61.3 Å². The van der Waals surface area contributed by atoms with E-state index in [1.165, 1.54) is 0 Å². The molecule has 9 heteroatoms. The normalized spacial score (nSPS) is 20.5. The summed E-state index contributed by atoms with van der Waals surface area (Å²) < 4.78 is 50.5. The molecule has 0 radical (unpaired) electrons. The molecule has 1 unspecified atom stereocenters. The molecule has 0 saturated carbocycles. The van der Waals surface area contributed by atoms with Crippen molar-refractivity contribution in [2.45, 2.75) is 25.3 Å². The number of hydrogen-bond acceptors (Lipinski definition) is 3. The van der Waals surface area contributed by atoms with E-state index in [0.29, 0.717) is 4.90 Å². The van der Waals surface area contributed by atoms with E-state index in [1.54, 1.807) is 6.92 Å². The Morgan fingerprint density at radius 3 is 2.63 bits per heavy atom. The number of alkyl halides is 4.